The molecule has 0 fully saturated rings. The van der Waals surface area contributed by atoms with Crippen LogP contribution in [0.25, 0.3) is 21.5 Å². The number of benzene rings is 3. The fraction of sp³-hybridized carbons (Fsp3) is 0.0625. The molecule has 3 rings (SSSR count). The summed E-state index contributed by atoms with van der Waals surface area (Å²) in [4.78, 5) is 8.81. The predicted molar refractivity (Wildman–Crippen MR) is 124 cm³/mol. The van der Waals surface area contributed by atoms with E-state index in [1.54, 1.807) is 18.4 Å². The van der Waals surface area contributed by atoms with Gasteiger partial charge >= 0.3 is 0 Å². The first-order valence-electron chi connectivity index (χ1n) is 6.69. The van der Waals surface area contributed by atoms with E-state index >= 15 is 0 Å². The first kappa shape index (κ1) is 21.6. The molecule has 0 unspecified atom stereocenters. The third kappa shape index (κ3) is 8.09. The Bertz CT molecular complexity index is 852. The van der Waals surface area contributed by atoms with E-state index in [1.165, 1.54) is 44.4 Å². The standard InChI is InChI=1S/C14H10.C2H4O.P2S5/c1-2-6-12-10-14-8-4-3-7-13(14)9-11(12)5-1;1-2-3;3-1-2-5-7-6-4/h1-10H;2H,1H3;. The molecule has 0 N–H and O–H groups in total. The third-order valence-electron chi connectivity index (χ3n) is 2.74. The van der Waals surface area contributed by atoms with Crippen LogP contribution in [0.1, 0.15) is 6.92 Å². The first-order valence-corrected chi connectivity index (χ1v) is 15.2. The Morgan fingerprint density at radius 1 is 0.917 bits per heavy atom. The Morgan fingerprint density at radius 2 is 1.29 bits per heavy atom. The fourth-order valence-corrected chi connectivity index (χ4v) is 11.5. The van der Waals surface area contributed by atoms with Gasteiger partial charge in [0.2, 0.25) is 0 Å². The number of hydrogen-bond donors (Lipinski definition) is 0. The van der Waals surface area contributed by atoms with Crippen molar-refractivity contribution in [2.45, 2.75) is 6.92 Å². The zero-order valence-corrected chi connectivity index (χ0v) is 18.6. The molecule has 0 aliphatic carbocycles. The highest BCUT2D eigenvalue weighted by molar-refractivity contribution is 8.63. The normalized spacial score (nSPS) is 9.38. The summed E-state index contributed by atoms with van der Waals surface area (Å²) in [5.41, 5.74) is 0. The van der Waals surface area contributed by atoms with Crippen LogP contribution in [0.5, 0.6) is 0 Å². The van der Waals surface area contributed by atoms with Crippen molar-refractivity contribution in [1.82, 2.24) is 0 Å². The van der Waals surface area contributed by atoms with Gasteiger partial charge in [0.15, 0.2) is 0 Å². The number of carbonyl (C=O) groups excluding carboxylic acids is 1. The Kier molecular flexibility index (Phi) is 12.4. The molecule has 24 heavy (non-hydrogen) atoms. The smallest absolute Gasteiger partial charge is 0.116 e. The summed E-state index contributed by atoms with van der Waals surface area (Å²) >= 11 is 9.23. The van der Waals surface area contributed by atoms with Gasteiger partial charge in [-0.2, -0.15) is 0 Å². The van der Waals surface area contributed by atoms with Crippen molar-refractivity contribution in [3.05, 3.63) is 60.7 Å². The van der Waals surface area contributed by atoms with Crippen LogP contribution in [0, 0.1) is 0 Å². The average Bonchev–Trinajstić information content (AvgIpc) is 2.62. The molecule has 0 heterocycles. The Hall–Kier alpha value is -0.450. The van der Waals surface area contributed by atoms with Gasteiger partial charge in [0.05, 0.1) is 0 Å². The molecule has 0 bridgehead atoms. The predicted octanol–water partition coefficient (Wildman–Crippen LogP) is 5.91. The molecule has 0 spiro atoms. The van der Waals surface area contributed by atoms with Crippen LogP contribution in [-0.2, 0) is 55.0 Å². The van der Waals surface area contributed by atoms with Crippen LogP contribution in [0.2, 0.25) is 0 Å². The minimum Gasteiger partial charge on any atom is -0.304 e. The van der Waals surface area contributed by atoms with E-state index in [2.05, 4.69) is 83.7 Å². The lowest BCUT2D eigenvalue weighted by Gasteiger charge is -2.00. The maximum Gasteiger partial charge on any atom is 0.116 e. The van der Waals surface area contributed by atoms with Crippen LogP contribution in [0.4, 0.5) is 0 Å². The van der Waals surface area contributed by atoms with Gasteiger partial charge in [-0.25, -0.2) is 0 Å². The van der Waals surface area contributed by atoms with Crippen molar-refractivity contribution in [3.63, 3.8) is 0 Å². The second kappa shape index (κ2) is 13.8. The summed E-state index contributed by atoms with van der Waals surface area (Å²) in [5.74, 6) is 0. The van der Waals surface area contributed by atoms with E-state index in [1.807, 2.05) is 0 Å². The summed E-state index contributed by atoms with van der Waals surface area (Å²) in [7, 11) is 6.83. The second-order valence-electron chi connectivity index (χ2n) is 4.16. The Labute approximate surface area is 163 Å². The zero-order valence-electron chi connectivity index (χ0n) is 12.7. The highest BCUT2D eigenvalue weighted by Crippen LogP contribution is 2.22. The van der Waals surface area contributed by atoms with E-state index in [4.69, 9.17) is 4.79 Å². The zero-order chi connectivity index (χ0) is 17.6. The minimum absolute atomic E-state index is 0.750. The molecule has 3 aromatic carbocycles. The number of hydrogen-bond acceptors (Lipinski definition) is 3. The summed E-state index contributed by atoms with van der Waals surface area (Å²) < 4.78 is 0. The van der Waals surface area contributed by atoms with Crippen LogP contribution in [0.15, 0.2) is 60.7 Å². The molecule has 0 radical (unpaired) electrons. The molecule has 0 saturated heterocycles. The molecule has 0 aliphatic heterocycles. The van der Waals surface area contributed by atoms with Crippen molar-refractivity contribution in [2.24, 2.45) is 0 Å². The summed E-state index contributed by atoms with van der Waals surface area (Å²) in [6.07, 6.45) is 0.750. The van der Waals surface area contributed by atoms with E-state index in [9.17, 15) is 0 Å². The van der Waals surface area contributed by atoms with Crippen molar-refractivity contribution >= 4 is 92.2 Å². The van der Waals surface area contributed by atoms with Gasteiger partial charge in [-0.15, -0.1) is 0 Å². The molecule has 0 aromatic heterocycles. The van der Waals surface area contributed by atoms with Crippen molar-refractivity contribution < 1.29 is 4.79 Å². The van der Waals surface area contributed by atoms with Gasteiger partial charge in [0, 0.05) is 14.1 Å². The molecule has 0 amide bonds. The molecule has 0 atom stereocenters. The van der Waals surface area contributed by atoms with E-state index in [0.717, 1.165) is 13.3 Å². The number of carbonyl (C=O) groups is 1. The quantitative estimate of drug-likeness (QED) is 0.264. The van der Waals surface area contributed by atoms with Gasteiger partial charge in [-0.1, -0.05) is 48.5 Å². The number of aldehydes is 1. The van der Waals surface area contributed by atoms with Gasteiger partial charge in [-0.05, 0) is 90.9 Å². The number of fused-ring (bicyclic) bond motifs is 2. The van der Waals surface area contributed by atoms with Crippen LogP contribution >= 0.6 is 14.1 Å². The molecule has 8 heteroatoms. The van der Waals surface area contributed by atoms with Gasteiger partial charge in [-0.3, -0.25) is 0 Å². The molecule has 124 valence electrons. The maximum atomic E-state index is 8.81. The molecular formula is C16H14OP2S5. The van der Waals surface area contributed by atoms with Crippen molar-refractivity contribution in [2.75, 3.05) is 0 Å². The van der Waals surface area contributed by atoms with Gasteiger partial charge < -0.3 is 4.79 Å². The summed E-state index contributed by atoms with van der Waals surface area (Å²) in [5, 5.41) is 5.25. The summed E-state index contributed by atoms with van der Waals surface area (Å²) in [6, 6.07) is 21.4. The summed E-state index contributed by atoms with van der Waals surface area (Å²) in [6.45, 7) is 1.44. The minimum atomic E-state index is 0.750. The van der Waals surface area contributed by atoms with Crippen LogP contribution < -0.4 is 0 Å². The second-order valence-corrected chi connectivity index (χ2v) is 13.9. The van der Waals surface area contributed by atoms with Crippen LogP contribution in [-0.4, -0.2) is 6.29 Å². The largest absolute Gasteiger partial charge is 0.304 e. The lowest BCUT2D eigenvalue weighted by molar-refractivity contribution is -0.106. The fourth-order valence-electron chi connectivity index (χ4n) is 1.92. The van der Waals surface area contributed by atoms with E-state index in [0.29, 0.717) is 0 Å². The average molecular weight is 445 g/mol. The maximum absolute atomic E-state index is 8.81. The molecule has 1 nitrogen and oxygen atoms in total. The van der Waals surface area contributed by atoms with Crippen molar-refractivity contribution in [3.8, 4) is 0 Å². The molecule has 0 aliphatic rings. The van der Waals surface area contributed by atoms with Gasteiger partial charge in [0.25, 0.3) is 0 Å². The molecule has 0 saturated carbocycles. The monoisotopic (exact) mass is 444 g/mol. The highest BCUT2D eigenvalue weighted by Gasteiger charge is 1.95. The third-order valence-corrected chi connectivity index (χ3v) is 12.7. The number of rotatable bonds is 1. The van der Waals surface area contributed by atoms with Crippen LogP contribution in [0.3, 0.4) is 0 Å². The van der Waals surface area contributed by atoms with E-state index < -0.39 is 0 Å². The highest BCUT2D eigenvalue weighted by atomic mass is 33.3. The Morgan fingerprint density at radius 3 is 1.58 bits per heavy atom. The topological polar surface area (TPSA) is 17.1 Å². The van der Waals surface area contributed by atoms with Crippen molar-refractivity contribution in [1.29, 1.82) is 0 Å². The molecular weight excluding hydrogens is 430 g/mol. The SMILES string of the molecule is CC=O.S=PP=S=S=S=S.c1ccc2cc3ccccc3cc2c1. The van der Waals surface area contributed by atoms with Gasteiger partial charge in [0.1, 0.15) is 6.29 Å². The van der Waals surface area contributed by atoms with E-state index in [-0.39, 0.29) is 0 Å². The molecule has 3 aromatic rings. The first-order chi connectivity index (χ1) is 11.8. The Balaban J connectivity index is 0.000000246. The lowest BCUT2D eigenvalue weighted by atomic mass is 10.0. The lowest BCUT2D eigenvalue weighted by Crippen LogP contribution is -1.74.